The van der Waals surface area contributed by atoms with Crippen molar-refractivity contribution in [2.75, 3.05) is 0 Å². The molecule has 1 aliphatic carbocycles. The van der Waals surface area contributed by atoms with Crippen LogP contribution in [0, 0.1) is 11.8 Å². The van der Waals surface area contributed by atoms with Gasteiger partial charge in [0.1, 0.15) is 0 Å². The smallest absolute Gasteiger partial charge is 0.0364 e. The number of hydrogen-bond donors (Lipinski definition) is 0. The van der Waals surface area contributed by atoms with Gasteiger partial charge in [0, 0.05) is 5.38 Å². The maximum absolute atomic E-state index is 6.14. The van der Waals surface area contributed by atoms with Gasteiger partial charge < -0.3 is 0 Å². The molecule has 3 unspecified atom stereocenters. The Morgan fingerprint density at radius 2 is 2.09 bits per heavy atom. The summed E-state index contributed by atoms with van der Waals surface area (Å²) in [5, 5.41) is 0.469. The van der Waals surface area contributed by atoms with Crippen LogP contribution in [0.4, 0.5) is 0 Å². The summed E-state index contributed by atoms with van der Waals surface area (Å²) in [7, 11) is 0. The van der Waals surface area contributed by atoms with E-state index in [-0.39, 0.29) is 0 Å². The van der Waals surface area contributed by atoms with Crippen LogP contribution in [0.2, 0.25) is 0 Å². The van der Waals surface area contributed by atoms with Gasteiger partial charge in [-0.3, -0.25) is 0 Å². The van der Waals surface area contributed by atoms with E-state index in [1.165, 1.54) is 32.1 Å². The second-order valence-electron chi connectivity index (χ2n) is 3.85. The molecule has 66 valence electrons. The van der Waals surface area contributed by atoms with Gasteiger partial charge in [0.15, 0.2) is 0 Å². The van der Waals surface area contributed by atoms with Crippen molar-refractivity contribution in [3.05, 3.63) is 0 Å². The average molecular weight is 175 g/mol. The molecular formula is C10H19Cl. The molecule has 0 bridgehead atoms. The van der Waals surface area contributed by atoms with E-state index in [4.69, 9.17) is 11.6 Å². The second-order valence-corrected chi connectivity index (χ2v) is 4.42. The Morgan fingerprint density at radius 1 is 1.36 bits per heavy atom. The fourth-order valence-electron chi connectivity index (χ4n) is 2.07. The topological polar surface area (TPSA) is 0 Å². The van der Waals surface area contributed by atoms with Gasteiger partial charge in [-0.15, -0.1) is 11.6 Å². The Bertz CT molecular complexity index is 111. The zero-order valence-corrected chi connectivity index (χ0v) is 8.40. The Balaban J connectivity index is 2.24. The Morgan fingerprint density at radius 3 is 2.55 bits per heavy atom. The van der Waals surface area contributed by atoms with E-state index in [0.29, 0.717) is 5.38 Å². The van der Waals surface area contributed by atoms with Crippen molar-refractivity contribution < 1.29 is 0 Å². The SMILES string of the molecule is CCCCC1CCC(Cl)C1C. The van der Waals surface area contributed by atoms with Gasteiger partial charge in [0.2, 0.25) is 0 Å². The number of hydrogen-bond acceptors (Lipinski definition) is 0. The minimum absolute atomic E-state index is 0.469. The predicted octanol–water partition coefficient (Wildman–Crippen LogP) is 3.83. The van der Waals surface area contributed by atoms with Crippen molar-refractivity contribution in [1.29, 1.82) is 0 Å². The van der Waals surface area contributed by atoms with Crippen LogP contribution in [0.1, 0.15) is 46.0 Å². The molecule has 0 amide bonds. The number of rotatable bonds is 3. The summed E-state index contributed by atoms with van der Waals surface area (Å²) in [5.74, 6) is 1.70. The van der Waals surface area contributed by atoms with E-state index in [1.807, 2.05) is 0 Å². The largest absolute Gasteiger partial charge is 0.123 e. The summed E-state index contributed by atoms with van der Waals surface area (Å²) in [4.78, 5) is 0. The first-order valence-corrected chi connectivity index (χ1v) is 5.33. The van der Waals surface area contributed by atoms with Crippen LogP contribution in [-0.4, -0.2) is 5.38 Å². The molecule has 1 rings (SSSR count). The molecule has 0 aromatic heterocycles. The Kier molecular flexibility index (Phi) is 3.71. The second kappa shape index (κ2) is 4.35. The lowest BCUT2D eigenvalue weighted by Crippen LogP contribution is -2.10. The van der Waals surface area contributed by atoms with Crippen molar-refractivity contribution in [2.45, 2.75) is 51.3 Å². The van der Waals surface area contributed by atoms with Gasteiger partial charge in [0.25, 0.3) is 0 Å². The van der Waals surface area contributed by atoms with Crippen LogP contribution in [0.25, 0.3) is 0 Å². The van der Waals surface area contributed by atoms with E-state index >= 15 is 0 Å². The first kappa shape index (κ1) is 9.38. The molecule has 0 aromatic rings. The van der Waals surface area contributed by atoms with E-state index in [9.17, 15) is 0 Å². The summed E-state index contributed by atoms with van der Waals surface area (Å²) >= 11 is 6.14. The summed E-state index contributed by atoms with van der Waals surface area (Å²) in [6, 6.07) is 0. The van der Waals surface area contributed by atoms with Crippen molar-refractivity contribution in [2.24, 2.45) is 11.8 Å². The molecule has 0 N–H and O–H groups in total. The molecule has 0 nitrogen and oxygen atoms in total. The highest BCUT2D eigenvalue weighted by Gasteiger charge is 2.30. The van der Waals surface area contributed by atoms with Crippen molar-refractivity contribution in [3.63, 3.8) is 0 Å². The zero-order valence-electron chi connectivity index (χ0n) is 7.65. The van der Waals surface area contributed by atoms with E-state index in [1.54, 1.807) is 0 Å². The van der Waals surface area contributed by atoms with E-state index in [2.05, 4.69) is 13.8 Å². The molecule has 0 radical (unpaired) electrons. The van der Waals surface area contributed by atoms with Crippen molar-refractivity contribution in [1.82, 2.24) is 0 Å². The standard InChI is InChI=1S/C10H19Cl/c1-3-4-5-9-6-7-10(11)8(9)2/h8-10H,3-7H2,1-2H3. The first-order chi connectivity index (χ1) is 5.25. The van der Waals surface area contributed by atoms with Crippen LogP contribution >= 0.6 is 11.6 Å². The van der Waals surface area contributed by atoms with E-state index in [0.717, 1.165) is 11.8 Å². The van der Waals surface area contributed by atoms with Crippen molar-refractivity contribution >= 4 is 11.6 Å². The molecule has 1 heteroatoms. The minimum atomic E-state index is 0.469. The Labute approximate surface area is 75.3 Å². The highest BCUT2D eigenvalue weighted by atomic mass is 35.5. The molecule has 1 aliphatic rings. The summed E-state index contributed by atoms with van der Waals surface area (Å²) in [6.07, 6.45) is 6.74. The molecular weight excluding hydrogens is 156 g/mol. The molecule has 0 aliphatic heterocycles. The van der Waals surface area contributed by atoms with Gasteiger partial charge in [-0.25, -0.2) is 0 Å². The van der Waals surface area contributed by atoms with Gasteiger partial charge in [-0.2, -0.15) is 0 Å². The lowest BCUT2D eigenvalue weighted by Gasteiger charge is -2.15. The van der Waals surface area contributed by atoms with Gasteiger partial charge >= 0.3 is 0 Å². The molecule has 0 spiro atoms. The van der Waals surface area contributed by atoms with Crippen molar-refractivity contribution in [3.8, 4) is 0 Å². The van der Waals surface area contributed by atoms with Gasteiger partial charge in [-0.05, 0) is 24.7 Å². The van der Waals surface area contributed by atoms with Crippen LogP contribution in [0.3, 0.4) is 0 Å². The van der Waals surface area contributed by atoms with Gasteiger partial charge in [-0.1, -0.05) is 33.1 Å². The highest BCUT2D eigenvalue weighted by Crippen LogP contribution is 2.37. The summed E-state index contributed by atoms with van der Waals surface area (Å²) < 4.78 is 0. The number of halogens is 1. The molecule has 0 heterocycles. The molecule has 1 saturated carbocycles. The van der Waals surface area contributed by atoms with Crippen LogP contribution < -0.4 is 0 Å². The minimum Gasteiger partial charge on any atom is -0.123 e. The van der Waals surface area contributed by atoms with Crippen LogP contribution in [0.5, 0.6) is 0 Å². The highest BCUT2D eigenvalue weighted by molar-refractivity contribution is 6.20. The first-order valence-electron chi connectivity index (χ1n) is 4.89. The Hall–Kier alpha value is 0.290. The lowest BCUT2D eigenvalue weighted by atomic mass is 9.93. The molecule has 1 fully saturated rings. The van der Waals surface area contributed by atoms with Crippen LogP contribution in [0.15, 0.2) is 0 Å². The molecule has 11 heavy (non-hydrogen) atoms. The maximum atomic E-state index is 6.14. The fraction of sp³-hybridized carbons (Fsp3) is 1.00. The van der Waals surface area contributed by atoms with Gasteiger partial charge in [0.05, 0.1) is 0 Å². The zero-order chi connectivity index (χ0) is 8.27. The molecule has 3 atom stereocenters. The third kappa shape index (κ3) is 2.37. The third-order valence-corrected chi connectivity index (χ3v) is 3.67. The third-order valence-electron chi connectivity index (χ3n) is 3.06. The monoisotopic (exact) mass is 174 g/mol. The predicted molar refractivity (Wildman–Crippen MR) is 51.1 cm³/mol. The summed E-state index contributed by atoms with van der Waals surface area (Å²) in [6.45, 7) is 4.57. The number of alkyl halides is 1. The summed E-state index contributed by atoms with van der Waals surface area (Å²) in [5.41, 5.74) is 0. The number of unbranched alkanes of at least 4 members (excludes halogenated alkanes) is 1. The molecule has 0 aromatic carbocycles. The normalized spacial score (nSPS) is 37.9. The van der Waals surface area contributed by atoms with Crippen LogP contribution in [-0.2, 0) is 0 Å². The lowest BCUT2D eigenvalue weighted by molar-refractivity contribution is 0.382. The maximum Gasteiger partial charge on any atom is 0.0364 e. The fourth-order valence-corrected chi connectivity index (χ4v) is 2.40. The molecule has 0 saturated heterocycles. The van der Waals surface area contributed by atoms with E-state index < -0.39 is 0 Å². The quantitative estimate of drug-likeness (QED) is 0.571. The average Bonchev–Trinajstić information content (AvgIpc) is 2.31.